The first-order chi connectivity index (χ1) is 13.4. The van der Waals surface area contributed by atoms with Crippen LogP contribution in [-0.4, -0.2) is 36.6 Å². The van der Waals surface area contributed by atoms with Crippen molar-refractivity contribution in [1.82, 2.24) is 24.6 Å². The van der Waals surface area contributed by atoms with Gasteiger partial charge in [-0.05, 0) is 43.9 Å². The first-order valence-electron chi connectivity index (χ1n) is 8.82. The standard InChI is InChI=1S/C17H17ClF3N7/c18-12-9-23-15-6-5-14(27-28(12)15)25-11-3-1-10(2-4-11)24-13-7-8-22-16(26-13)17(19,20)21/h5-11H,1-4H2,(H,25,27)(H,22,24,26). The molecule has 1 aliphatic rings. The van der Waals surface area contributed by atoms with E-state index in [-0.39, 0.29) is 17.9 Å². The van der Waals surface area contributed by atoms with Crippen LogP contribution in [0.3, 0.4) is 0 Å². The highest BCUT2D eigenvalue weighted by Gasteiger charge is 2.34. The van der Waals surface area contributed by atoms with E-state index in [0.717, 1.165) is 31.9 Å². The van der Waals surface area contributed by atoms with Gasteiger partial charge in [0, 0.05) is 18.3 Å². The molecule has 0 aliphatic heterocycles. The molecule has 1 aliphatic carbocycles. The molecule has 1 fully saturated rings. The molecule has 0 unspecified atom stereocenters. The minimum Gasteiger partial charge on any atom is -0.367 e. The fraction of sp³-hybridized carbons (Fsp3) is 0.412. The summed E-state index contributed by atoms with van der Waals surface area (Å²) in [6, 6.07) is 5.42. The van der Waals surface area contributed by atoms with Crippen LogP contribution in [0.25, 0.3) is 5.65 Å². The maximum atomic E-state index is 12.7. The quantitative estimate of drug-likeness (QED) is 0.674. The zero-order valence-corrected chi connectivity index (χ0v) is 15.4. The summed E-state index contributed by atoms with van der Waals surface area (Å²) in [6.07, 6.45) is 1.43. The Kier molecular flexibility index (Phi) is 4.96. The fourth-order valence-electron chi connectivity index (χ4n) is 3.30. The Hall–Kier alpha value is -2.62. The average molecular weight is 412 g/mol. The van der Waals surface area contributed by atoms with Gasteiger partial charge in [-0.1, -0.05) is 11.6 Å². The van der Waals surface area contributed by atoms with Crippen molar-refractivity contribution in [3.05, 3.63) is 41.6 Å². The van der Waals surface area contributed by atoms with Crippen LogP contribution in [0.4, 0.5) is 24.8 Å². The van der Waals surface area contributed by atoms with Gasteiger partial charge in [0.15, 0.2) is 10.8 Å². The van der Waals surface area contributed by atoms with E-state index in [9.17, 15) is 13.2 Å². The Labute approximate surface area is 163 Å². The Balaban J connectivity index is 1.33. The third-order valence-corrected chi connectivity index (χ3v) is 4.92. The van der Waals surface area contributed by atoms with Crippen LogP contribution in [0.1, 0.15) is 31.5 Å². The maximum Gasteiger partial charge on any atom is 0.451 e. The number of imidazole rings is 1. The Bertz CT molecular complexity index is 967. The van der Waals surface area contributed by atoms with Crippen molar-refractivity contribution in [3.8, 4) is 0 Å². The van der Waals surface area contributed by atoms with E-state index in [4.69, 9.17) is 11.6 Å². The molecule has 0 amide bonds. The lowest BCUT2D eigenvalue weighted by molar-refractivity contribution is -0.144. The lowest BCUT2D eigenvalue weighted by Gasteiger charge is -2.30. The van der Waals surface area contributed by atoms with Gasteiger partial charge in [-0.2, -0.15) is 13.2 Å². The van der Waals surface area contributed by atoms with Gasteiger partial charge in [0.1, 0.15) is 11.6 Å². The minimum atomic E-state index is -4.55. The highest BCUT2D eigenvalue weighted by molar-refractivity contribution is 6.29. The van der Waals surface area contributed by atoms with Crippen molar-refractivity contribution in [3.63, 3.8) is 0 Å². The molecule has 0 aromatic carbocycles. The molecule has 148 valence electrons. The number of aromatic nitrogens is 5. The van der Waals surface area contributed by atoms with Gasteiger partial charge in [0.25, 0.3) is 0 Å². The van der Waals surface area contributed by atoms with E-state index in [1.165, 1.54) is 6.07 Å². The number of nitrogens with one attached hydrogen (secondary N) is 2. The second-order valence-corrected chi connectivity index (χ2v) is 7.06. The summed E-state index contributed by atoms with van der Waals surface area (Å²) >= 11 is 6.04. The van der Waals surface area contributed by atoms with Gasteiger partial charge in [-0.3, -0.25) is 0 Å². The summed E-state index contributed by atoms with van der Waals surface area (Å²) in [5.74, 6) is -0.234. The van der Waals surface area contributed by atoms with E-state index < -0.39 is 12.0 Å². The highest BCUT2D eigenvalue weighted by atomic mass is 35.5. The van der Waals surface area contributed by atoms with E-state index in [1.54, 1.807) is 10.7 Å². The normalized spacial score (nSPS) is 20.3. The van der Waals surface area contributed by atoms with Gasteiger partial charge in [0.2, 0.25) is 5.82 Å². The number of alkyl halides is 3. The van der Waals surface area contributed by atoms with E-state index in [2.05, 4.69) is 30.7 Å². The number of anilines is 2. The second kappa shape index (κ2) is 7.42. The molecule has 0 bridgehead atoms. The first kappa shape index (κ1) is 18.7. The summed E-state index contributed by atoms with van der Waals surface area (Å²) < 4.78 is 39.7. The van der Waals surface area contributed by atoms with Crippen LogP contribution in [0.15, 0.2) is 30.6 Å². The molecule has 1 saturated carbocycles. The number of fused-ring (bicyclic) bond motifs is 1. The number of halogens is 4. The number of nitrogens with zero attached hydrogens (tertiary/aromatic N) is 5. The van der Waals surface area contributed by atoms with Gasteiger partial charge in [0.05, 0.1) is 6.20 Å². The molecule has 0 radical (unpaired) electrons. The van der Waals surface area contributed by atoms with Gasteiger partial charge < -0.3 is 10.6 Å². The summed E-state index contributed by atoms with van der Waals surface area (Å²) in [6.45, 7) is 0. The molecule has 2 N–H and O–H groups in total. The number of hydrogen-bond acceptors (Lipinski definition) is 6. The van der Waals surface area contributed by atoms with Gasteiger partial charge in [-0.25, -0.2) is 19.5 Å². The Morgan fingerprint density at radius 1 is 0.964 bits per heavy atom. The molecule has 0 atom stereocenters. The zero-order chi connectivity index (χ0) is 19.7. The lowest BCUT2D eigenvalue weighted by Crippen LogP contribution is -2.33. The SMILES string of the molecule is FC(F)(F)c1nccc(NC2CCC(Nc3ccc4ncc(Cl)n4n3)CC2)n1. The lowest BCUT2D eigenvalue weighted by atomic mass is 9.91. The van der Waals surface area contributed by atoms with Crippen molar-refractivity contribution in [2.24, 2.45) is 0 Å². The van der Waals surface area contributed by atoms with Crippen LogP contribution < -0.4 is 10.6 Å². The zero-order valence-electron chi connectivity index (χ0n) is 14.6. The Morgan fingerprint density at radius 2 is 1.64 bits per heavy atom. The van der Waals surface area contributed by atoms with Crippen molar-refractivity contribution in [1.29, 1.82) is 0 Å². The van der Waals surface area contributed by atoms with Crippen molar-refractivity contribution >= 4 is 28.9 Å². The van der Waals surface area contributed by atoms with Crippen molar-refractivity contribution in [2.45, 2.75) is 43.9 Å². The van der Waals surface area contributed by atoms with Crippen LogP contribution in [0, 0.1) is 0 Å². The predicted octanol–water partition coefficient (Wildman–Crippen LogP) is 4.03. The van der Waals surface area contributed by atoms with Crippen LogP contribution in [0.5, 0.6) is 0 Å². The van der Waals surface area contributed by atoms with Crippen LogP contribution >= 0.6 is 11.6 Å². The molecule has 0 spiro atoms. The smallest absolute Gasteiger partial charge is 0.367 e. The fourth-order valence-corrected chi connectivity index (χ4v) is 3.47. The molecule has 4 rings (SSSR count). The van der Waals surface area contributed by atoms with E-state index in [0.29, 0.717) is 16.6 Å². The largest absolute Gasteiger partial charge is 0.451 e. The average Bonchev–Trinajstić information content (AvgIpc) is 3.04. The highest BCUT2D eigenvalue weighted by Crippen LogP contribution is 2.28. The molecule has 0 saturated heterocycles. The molecule has 7 nitrogen and oxygen atoms in total. The summed E-state index contributed by atoms with van der Waals surface area (Å²) in [5, 5.41) is 11.3. The van der Waals surface area contributed by atoms with E-state index in [1.807, 2.05) is 12.1 Å². The van der Waals surface area contributed by atoms with E-state index >= 15 is 0 Å². The molecule has 3 aromatic rings. The molecule has 3 heterocycles. The summed E-state index contributed by atoms with van der Waals surface area (Å²) in [7, 11) is 0. The Morgan fingerprint density at radius 3 is 2.32 bits per heavy atom. The first-order valence-corrected chi connectivity index (χ1v) is 9.20. The molecule has 3 aromatic heterocycles. The second-order valence-electron chi connectivity index (χ2n) is 6.67. The van der Waals surface area contributed by atoms with Gasteiger partial charge in [-0.15, -0.1) is 5.10 Å². The molecular weight excluding hydrogens is 395 g/mol. The number of rotatable bonds is 4. The maximum absolute atomic E-state index is 12.7. The topological polar surface area (TPSA) is 80.0 Å². The molecule has 28 heavy (non-hydrogen) atoms. The molecular formula is C17H17ClF3N7. The monoisotopic (exact) mass is 411 g/mol. The minimum absolute atomic E-state index is 0.0626. The third kappa shape index (κ3) is 4.11. The summed E-state index contributed by atoms with van der Waals surface area (Å²) in [4.78, 5) is 11.0. The van der Waals surface area contributed by atoms with Crippen LogP contribution in [-0.2, 0) is 6.18 Å². The van der Waals surface area contributed by atoms with Crippen molar-refractivity contribution in [2.75, 3.05) is 10.6 Å². The number of hydrogen-bond donors (Lipinski definition) is 2. The predicted molar refractivity (Wildman–Crippen MR) is 98.3 cm³/mol. The third-order valence-electron chi connectivity index (χ3n) is 4.66. The summed E-state index contributed by atoms with van der Waals surface area (Å²) in [5.41, 5.74) is 0.673. The van der Waals surface area contributed by atoms with Crippen LogP contribution in [0.2, 0.25) is 5.15 Å². The van der Waals surface area contributed by atoms with Gasteiger partial charge >= 0.3 is 6.18 Å². The van der Waals surface area contributed by atoms with Crippen molar-refractivity contribution < 1.29 is 13.2 Å². The molecule has 11 heteroatoms.